The maximum absolute atomic E-state index is 11.4. The molecule has 2 rings (SSSR count). The fourth-order valence-corrected chi connectivity index (χ4v) is 2.42. The Labute approximate surface area is 131 Å². The SMILES string of the molecule is COc1c(NC(C)Cn2cc(Br)cn2)cccc1C(N)=O. The normalized spacial score (nSPS) is 12.0. The van der Waals surface area contributed by atoms with Crippen LogP contribution in [0.4, 0.5) is 5.69 Å². The van der Waals surface area contributed by atoms with Crippen molar-refractivity contribution >= 4 is 27.5 Å². The third kappa shape index (κ3) is 3.75. The number of nitrogens with two attached hydrogens (primary N) is 1. The highest BCUT2D eigenvalue weighted by molar-refractivity contribution is 9.10. The number of para-hydroxylation sites is 1. The van der Waals surface area contributed by atoms with Gasteiger partial charge in [0.05, 0.1) is 35.6 Å². The van der Waals surface area contributed by atoms with Crippen molar-refractivity contribution in [2.45, 2.75) is 19.5 Å². The lowest BCUT2D eigenvalue weighted by Crippen LogP contribution is -2.23. The van der Waals surface area contributed by atoms with Gasteiger partial charge in [0.15, 0.2) is 5.75 Å². The average Bonchev–Trinajstić information content (AvgIpc) is 2.83. The van der Waals surface area contributed by atoms with Crippen molar-refractivity contribution in [3.63, 3.8) is 0 Å². The van der Waals surface area contributed by atoms with Crippen LogP contribution in [0.3, 0.4) is 0 Å². The Morgan fingerprint density at radius 2 is 2.33 bits per heavy atom. The third-order valence-electron chi connectivity index (χ3n) is 2.95. The van der Waals surface area contributed by atoms with Crippen LogP contribution in [0.1, 0.15) is 17.3 Å². The predicted octanol–water partition coefficient (Wildman–Crippen LogP) is 2.25. The number of anilines is 1. The number of halogens is 1. The van der Waals surface area contributed by atoms with Crippen LogP contribution in [0.2, 0.25) is 0 Å². The first-order valence-electron chi connectivity index (χ1n) is 6.42. The van der Waals surface area contributed by atoms with E-state index >= 15 is 0 Å². The predicted molar refractivity (Wildman–Crippen MR) is 84.5 cm³/mol. The van der Waals surface area contributed by atoms with Gasteiger partial charge in [0.25, 0.3) is 5.91 Å². The van der Waals surface area contributed by atoms with Gasteiger partial charge >= 0.3 is 0 Å². The van der Waals surface area contributed by atoms with E-state index in [0.717, 1.165) is 10.2 Å². The topological polar surface area (TPSA) is 82.2 Å². The summed E-state index contributed by atoms with van der Waals surface area (Å²) in [5, 5.41) is 7.52. The van der Waals surface area contributed by atoms with Gasteiger partial charge in [-0.2, -0.15) is 5.10 Å². The number of hydrogen-bond donors (Lipinski definition) is 2. The van der Waals surface area contributed by atoms with Gasteiger partial charge in [-0.05, 0) is 35.0 Å². The van der Waals surface area contributed by atoms with Gasteiger partial charge in [-0.15, -0.1) is 0 Å². The fraction of sp³-hybridized carbons (Fsp3) is 0.286. The number of methoxy groups -OCH3 is 1. The molecule has 21 heavy (non-hydrogen) atoms. The molecule has 0 saturated carbocycles. The third-order valence-corrected chi connectivity index (χ3v) is 3.36. The number of carbonyl (C=O) groups is 1. The molecule has 0 aliphatic heterocycles. The van der Waals surface area contributed by atoms with Crippen molar-refractivity contribution in [1.82, 2.24) is 9.78 Å². The number of nitrogens with zero attached hydrogens (tertiary/aromatic N) is 2. The molecule has 0 aliphatic carbocycles. The summed E-state index contributed by atoms with van der Waals surface area (Å²) in [6.07, 6.45) is 3.64. The van der Waals surface area contributed by atoms with E-state index in [1.807, 2.05) is 23.9 Å². The molecule has 0 radical (unpaired) electrons. The van der Waals surface area contributed by atoms with Crippen LogP contribution < -0.4 is 15.8 Å². The lowest BCUT2D eigenvalue weighted by molar-refractivity contribution is 0.0997. The van der Waals surface area contributed by atoms with Gasteiger partial charge in [-0.1, -0.05) is 6.07 Å². The molecule has 0 aliphatic rings. The Bertz CT molecular complexity index is 642. The van der Waals surface area contributed by atoms with Crippen LogP contribution in [0.15, 0.2) is 35.1 Å². The van der Waals surface area contributed by atoms with Crippen LogP contribution in [-0.2, 0) is 6.54 Å². The Morgan fingerprint density at radius 3 is 2.90 bits per heavy atom. The van der Waals surface area contributed by atoms with E-state index in [-0.39, 0.29) is 6.04 Å². The molecule has 1 unspecified atom stereocenters. The fourth-order valence-electron chi connectivity index (χ4n) is 2.09. The lowest BCUT2D eigenvalue weighted by Gasteiger charge is -2.18. The molecule has 0 fully saturated rings. The van der Waals surface area contributed by atoms with E-state index in [1.165, 1.54) is 7.11 Å². The van der Waals surface area contributed by atoms with Crippen LogP contribution in [0.25, 0.3) is 0 Å². The molecule has 0 bridgehead atoms. The molecule has 0 spiro atoms. The van der Waals surface area contributed by atoms with Crippen LogP contribution in [-0.4, -0.2) is 28.8 Å². The first-order chi connectivity index (χ1) is 10.0. The quantitative estimate of drug-likeness (QED) is 0.835. The second-order valence-corrected chi connectivity index (χ2v) is 5.59. The second-order valence-electron chi connectivity index (χ2n) is 4.68. The number of hydrogen-bond acceptors (Lipinski definition) is 4. The van der Waals surface area contributed by atoms with Crippen LogP contribution in [0, 0.1) is 0 Å². The van der Waals surface area contributed by atoms with E-state index in [1.54, 1.807) is 18.3 Å². The standard InChI is InChI=1S/C14H17BrN4O2/c1-9(7-19-8-10(15)6-17-19)18-12-5-3-4-11(14(16)20)13(12)21-2/h3-6,8-9,18H,7H2,1-2H3,(H2,16,20). The second kappa shape index (κ2) is 6.62. The smallest absolute Gasteiger partial charge is 0.252 e. The maximum atomic E-state index is 11.4. The summed E-state index contributed by atoms with van der Waals surface area (Å²) >= 11 is 3.36. The summed E-state index contributed by atoms with van der Waals surface area (Å²) in [5.74, 6) is -0.0577. The first-order valence-corrected chi connectivity index (χ1v) is 7.22. The Morgan fingerprint density at radius 1 is 1.57 bits per heavy atom. The van der Waals surface area contributed by atoms with Gasteiger partial charge < -0.3 is 15.8 Å². The molecule has 112 valence electrons. The summed E-state index contributed by atoms with van der Waals surface area (Å²) in [4.78, 5) is 11.4. The van der Waals surface area contributed by atoms with E-state index < -0.39 is 5.91 Å². The van der Waals surface area contributed by atoms with E-state index in [4.69, 9.17) is 10.5 Å². The number of ether oxygens (including phenoxy) is 1. The van der Waals surface area contributed by atoms with E-state index in [0.29, 0.717) is 17.9 Å². The minimum atomic E-state index is -0.515. The molecule has 1 aromatic heterocycles. The average molecular weight is 353 g/mol. The molecule has 7 heteroatoms. The van der Waals surface area contributed by atoms with Gasteiger partial charge in [-0.3, -0.25) is 9.48 Å². The molecule has 1 atom stereocenters. The van der Waals surface area contributed by atoms with Crippen molar-refractivity contribution in [3.8, 4) is 5.75 Å². The highest BCUT2D eigenvalue weighted by Crippen LogP contribution is 2.29. The Kier molecular flexibility index (Phi) is 4.85. The minimum Gasteiger partial charge on any atom is -0.494 e. The molecule has 1 amide bonds. The highest BCUT2D eigenvalue weighted by atomic mass is 79.9. The summed E-state index contributed by atoms with van der Waals surface area (Å²) in [6, 6.07) is 5.35. The zero-order valence-electron chi connectivity index (χ0n) is 11.8. The van der Waals surface area contributed by atoms with Gasteiger partial charge in [0, 0.05) is 12.2 Å². The Hall–Kier alpha value is -2.02. The summed E-state index contributed by atoms with van der Waals surface area (Å²) in [5.41, 5.74) is 6.44. The van der Waals surface area contributed by atoms with Crippen molar-refractivity contribution in [2.75, 3.05) is 12.4 Å². The number of amides is 1. The summed E-state index contributed by atoms with van der Waals surface area (Å²) in [7, 11) is 1.52. The molecule has 1 heterocycles. The van der Waals surface area contributed by atoms with Gasteiger partial charge in [-0.25, -0.2) is 0 Å². The van der Waals surface area contributed by atoms with Crippen LogP contribution in [0.5, 0.6) is 5.75 Å². The first kappa shape index (κ1) is 15.4. The van der Waals surface area contributed by atoms with E-state index in [9.17, 15) is 4.79 Å². The van der Waals surface area contributed by atoms with Crippen LogP contribution >= 0.6 is 15.9 Å². The highest BCUT2D eigenvalue weighted by Gasteiger charge is 2.14. The number of aromatic nitrogens is 2. The molecule has 2 aromatic rings. The molecule has 1 aromatic carbocycles. The maximum Gasteiger partial charge on any atom is 0.252 e. The lowest BCUT2D eigenvalue weighted by atomic mass is 10.1. The zero-order valence-corrected chi connectivity index (χ0v) is 13.4. The summed E-state index contributed by atoms with van der Waals surface area (Å²) < 4.78 is 8.06. The number of primary amides is 1. The van der Waals surface area contributed by atoms with Crippen molar-refractivity contribution in [1.29, 1.82) is 0 Å². The number of nitrogens with one attached hydrogen (secondary N) is 1. The number of benzene rings is 1. The number of carbonyl (C=O) groups excluding carboxylic acids is 1. The van der Waals surface area contributed by atoms with Gasteiger partial charge in [0.2, 0.25) is 0 Å². The Balaban J connectivity index is 2.15. The monoisotopic (exact) mass is 352 g/mol. The zero-order chi connectivity index (χ0) is 15.4. The molecule has 6 nitrogen and oxygen atoms in total. The summed E-state index contributed by atoms with van der Waals surface area (Å²) in [6.45, 7) is 2.70. The van der Waals surface area contributed by atoms with Gasteiger partial charge in [0.1, 0.15) is 0 Å². The van der Waals surface area contributed by atoms with E-state index in [2.05, 4.69) is 26.3 Å². The van der Waals surface area contributed by atoms with Crippen molar-refractivity contribution in [3.05, 3.63) is 40.6 Å². The molecule has 0 saturated heterocycles. The number of rotatable bonds is 6. The van der Waals surface area contributed by atoms with Crippen molar-refractivity contribution in [2.24, 2.45) is 5.73 Å². The largest absolute Gasteiger partial charge is 0.494 e. The molecular formula is C14H17BrN4O2. The molecule has 3 N–H and O–H groups in total. The molecular weight excluding hydrogens is 336 g/mol. The minimum absolute atomic E-state index is 0.0915. The van der Waals surface area contributed by atoms with Crippen molar-refractivity contribution < 1.29 is 9.53 Å².